The molecule has 144 valence electrons. The number of hydrogen-bond acceptors (Lipinski definition) is 3. The summed E-state index contributed by atoms with van der Waals surface area (Å²) in [7, 11) is 0. The second-order valence-electron chi connectivity index (χ2n) is 6.88. The van der Waals surface area contributed by atoms with Crippen LogP contribution in [0.1, 0.15) is 42.9 Å². The van der Waals surface area contributed by atoms with Crippen LogP contribution in [0.5, 0.6) is 0 Å². The van der Waals surface area contributed by atoms with Crippen LogP contribution in [-0.2, 0) is 11.3 Å². The van der Waals surface area contributed by atoms with Crippen molar-refractivity contribution in [2.24, 2.45) is 0 Å². The second-order valence-corrected chi connectivity index (χ2v) is 6.88. The lowest BCUT2D eigenvalue weighted by Gasteiger charge is -2.34. The molecular weight excluding hydrogens is 340 g/mol. The van der Waals surface area contributed by atoms with Crippen molar-refractivity contribution in [2.45, 2.75) is 33.4 Å². The molecule has 0 aliphatic carbocycles. The summed E-state index contributed by atoms with van der Waals surface area (Å²) < 4.78 is 2.24. The Bertz CT molecular complexity index is 793. The van der Waals surface area contributed by atoms with Gasteiger partial charge in [-0.15, -0.1) is 0 Å². The van der Waals surface area contributed by atoms with Crippen LogP contribution in [0.3, 0.4) is 0 Å². The molecule has 2 aromatic rings. The minimum Gasteiger partial charge on any atom is -0.349 e. The van der Waals surface area contributed by atoms with Crippen molar-refractivity contribution >= 4 is 17.5 Å². The smallest absolute Gasteiger partial charge is 0.253 e. The Labute approximate surface area is 160 Å². The summed E-state index contributed by atoms with van der Waals surface area (Å²) in [5, 5.41) is 2.94. The Morgan fingerprint density at radius 2 is 1.81 bits per heavy atom. The first-order chi connectivity index (χ1) is 13.0. The molecule has 0 bridgehead atoms. The topological polar surface area (TPSA) is 57.6 Å². The van der Waals surface area contributed by atoms with Gasteiger partial charge in [-0.1, -0.05) is 0 Å². The summed E-state index contributed by atoms with van der Waals surface area (Å²) in [5.74, 6) is -0.0207. The number of benzene rings is 1. The molecule has 2 amide bonds. The minimum absolute atomic E-state index is 0.0167. The molecule has 1 aliphatic rings. The van der Waals surface area contributed by atoms with Crippen molar-refractivity contribution in [3.63, 3.8) is 0 Å². The van der Waals surface area contributed by atoms with E-state index in [2.05, 4.69) is 40.0 Å². The quantitative estimate of drug-likeness (QED) is 0.853. The van der Waals surface area contributed by atoms with Gasteiger partial charge in [0.25, 0.3) is 5.91 Å². The number of anilines is 1. The van der Waals surface area contributed by atoms with Crippen molar-refractivity contribution in [2.75, 3.05) is 31.5 Å². The molecule has 6 heteroatoms. The maximum absolute atomic E-state index is 12.5. The van der Waals surface area contributed by atoms with Crippen LogP contribution in [0.25, 0.3) is 0 Å². The molecule has 1 aromatic carbocycles. The highest BCUT2D eigenvalue weighted by Gasteiger charge is 2.25. The lowest BCUT2D eigenvalue weighted by molar-refractivity contribution is -0.118. The van der Waals surface area contributed by atoms with Crippen LogP contribution >= 0.6 is 0 Å². The molecule has 0 radical (unpaired) electrons. The molecular formula is C21H28N4O2. The van der Waals surface area contributed by atoms with E-state index in [1.807, 2.05) is 13.8 Å². The largest absolute Gasteiger partial charge is 0.349 e. The maximum Gasteiger partial charge on any atom is 0.253 e. The summed E-state index contributed by atoms with van der Waals surface area (Å²) in [6.07, 6.45) is 2.09. The molecule has 0 fully saturated rings. The summed E-state index contributed by atoms with van der Waals surface area (Å²) in [6, 6.07) is 11.5. The maximum atomic E-state index is 12.5. The Kier molecular flexibility index (Phi) is 5.96. The van der Waals surface area contributed by atoms with E-state index in [-0.39, 0.29) is 17.9 Å². The van der Waals surface area contributed by atoms with Gasteiger partial charge in [0, 0.05) is 55.4 Å². The first kappa shape index (κ1) is 19.2. The first-order valence-electron chi connectivity index (χ1n) is 9.61. The average Bonchev–Trinajstić information content (AvgIpc) is 3.15. The van der Waals surface area contributed by atoms with E-state index < -0.39 is 0 Å². The molecule has 3 rings (SSSR count). The third-order valence-electron chi connectivity index (χ3n) is 5.28. The average molecular weight is 368 g/mol. The fraction of sp³-hybridized carbons (Fsp3) is 0.429. The van der Waals surface area contributed by atoms with Crippen LogP contribution in [0.15, 0.2) is 42.6 Å². The summed E-state index contributed by atoms with van der Waals surface area (Å²) in [4.78, 5) is 28.8. The molecule has 0 saturated carbocycles. The summed E-state index contributed by atoms with van der Waals surface area (Å²) >= 11 is 0. The number of amides is 2. The van der Waals surface area contributed by atoms with E-state index in [4.69, 9.17) is 0 Å². The van der Waals surface area contributed by atoms with E-state index >= 15 is 0 Å². The number of carbonyl (C=O) groups excluding carboxylic acids is 2. The molecule has 1 N–H and O–H groups in total. The molecule has 1 atom stereocenters. The van der Waals surface area contributed by atoms with E-state index in [9.17, 15) is 9.59 Å². The number of rotatable bonds is 6. The summed E-state index contributed by atoms with van der Waals surface area (Å²) in [5.41, 5.74) is 2.60. The highest BCUT2D eigenvalue weighted by molar-refractivity contribution is 5.96. The standard InChI is InChI=1S/C21H28N4O2/c1-4-23(5-2)21(27)17-8-10-18(11-9-17)22-20(26)15-25-14-13-24-12-6-7-19(24)16(25)3/h6-12,16H,4-5,13-15H2,1-3H3,(H,22,26). The molecule has 1 aliphatic heterocycles. The van der Waals surface area contributed by atoms with E-state index in [1.165, 1.54) is 5.69 Å². The molecule has 27 heavy (non-hydrogen) atoms. The van der Waals surface area contributed by atoms with E-state index in [0.717, 1.165) is 13.1 Å². The van der Waals surface area contributed by atoms with Crippen molar-refractivity contribution < 1.29 is 9.59 Å². The van der Waals surface area contributed by atoms with Crippen LogP contribution < -0.4 is 5.32 Å². The number of nitrogens with one attached hydrogen (secondary N) is 1. The van der Waals surface area contributed by atoms with Gasteiger partial charge in [-0.3, -0.25) is 14.5 Å². The molecule has 0 saturated heterocycles. The number of fused-ring (bicyclic) bond motifs is 1. The third kappa shape index (κ3) is 4.22. The Morgan fingerprint density at radius 1 is 1.11 bits per heavy atom. The zero-order valence-corrected chi connectivity index (χ0v) is 16.3. The Hall–Kier alpha value is -2.60. The monoisotopic (exact) mass is 368 g/mol. The molecule has 6 nitrogen and oxygen atoms in total. The van der Waals surface area contributed by atoms with E-state index in [0.29, 0.717) is 30.9 Å². The van der Waals surface area contributed by atoms with Gasteiger partial charge in [-0.05, 0) is 57.2 Å². The fourth-order valence-electron chi connectivity index (χ4n) is 3.62. The molecule has 2 heterocycles. The fourth-order valence-corrected chi connectivity index (χ4v) is 3.62. The van der Waals surface area contributed by atoms with Crippen LogP contribution in [0.2, 0.25) is 0 Å². The number of carbonyl (C=O) groups is 2. The van der Waals surface area contributed by atoms with Gasteiger partial charge in [0.05, 0.1) is 6.54 Å². The second kappa shape index (κ2) is 8.39. The minimum atomic E-state index is -0.0373. The predicted octanol–water partition coefficient (Wildman–Crippen LogP) is 2.99. The van der Waals surface area contributed by atoms with Crippen molar-refractivity contribution in [1.29, 1.82) is 0 Å². The lowest BCUT2D eigenvalue weighted by Crippen LogP contribution is -2.41. The summed E-state index contributed by atoms with van der Waals surface area (Å²) in [6.45, 7) is 9.55. The number of nitrogens with zero attached hydrogens (tertiary/aromatic N) is 3. The van der Waals surface area contributed by atoms with Gasteiger partial charge >= 0.3 is 0 Å². The number of hydrogen-bond donors (Lipinski definition) is 1. The van der Waals surface area contributed by atoms with Gasteiger partial charge < -0.3 is 14.8 Å². The van der Waals surface area contributed by atoms with Gasteiger partial charge in [-0.25, -0.2) is 0 Å². The van der Waals surface area contributed by atoms with Gasteiger partial charge in [0.1, 0.15) is 0 Å². The van der Waals surface area contributed by atoms with Crippen molar-refractivity contribution in [3.8, 4) is 0 Å². The van der Waals surface area contributed by atoms with Crippen LogP contribution in [-0.4, -0.2) is 52.4 Å². The zero-order valence-electron chi connectivity index (χ0n) is 16.3. The van der Waals surface area contributed by atoms with E-state index in [1.54, 1.807) is 29.2 Å². The van der Waals surface area contributed by atoms with Gasteiger partial charge in [0.15, 0.2) is 0 Å². The molecule has 1 aromatic heterocycles. The number of aromatic nitrogens is 1. The third-order valence-corrected chi connectivity index (χ3v) is 5.28. The van der Waals surface area contributed by atoms with Gasteiger partial charge in [-0.2, -0.15) is 0 Å². The predicted molar refractivity (Wildman–Crippen MR) is 107 cm³/mol. The van der Waals surface area contributed by atoms with Crippen LogP contribution in [0, 0.1) is 0 Å². The Morgan fingerprint density at radius 3 is 2.48 bits per heavy atom. The molecule has 0 spiro atoms. The zero-order chi connectivity index (χ0) is 19.4. The van der Waals surface area contributed by atoms with Gasteiger partial charge in [0.2, 0.25) is 5.91 Å². The molecule has 1 unspecified atom stereocenters. The van der Waals surface area contributed by atoms with Crippen LogP contribution in [0.4, 0.5) is 5.69 Å². The normalized spacial score (nSPS) is 16.6. The van der Waals surface area contributed by atoms with Crippen molar-refractivity contribution in [1.82, 2.24) is 14.4 Å². The first-order valence-corrected chi connectivity index (χ1v) is 9.61. The lowest BCUT2D eigenvalue weighted by atomic mass is 10.1. The Balaban J connectivity index is 1.58. The SMILES string of the molecule is CCN(CC)C(=O)c1ccc(NC(=O)CN2CCn3cccc3C2C)cc1. The highest BCUT2D eigenvalue weighted by Crippen LogP contribution is 2.25. The van der Waals surface area contributed by atoms with Crippen molar-refractivity contribution in [3.05, 3.63) is 53.9 Å². The highest BCUT2D eigenvalue weighted by atomic mass is 16.2.